The second-order valence-electron chi connectivity index (χ2n) is 6.80. The number of hydrogen-bond donors (Lipinski definition) is 3. The van der Waals surface area contributed by atoms with Crippen LogP contribution < -0.4 is 10.2 Å². The van der Waals surface area contributed by atoms with Gasteiger partial charge >= 0.3 is 0 Å². The second-order valence-corrected chi connectivity index (χ2v) is 6.80. The van der Waals surface area contributed by atoms with Crippen molar-refractivity contribution in [2.24, 2.45) is 0 Å². The van der Waals surface area contributed by atoms with Crippen LogP contribution in [0.4, 0.5) is 20.3 Å². The van der Waals surface area contributed by atoms with Gasteiger partial charge in [0.25, 0.3) is 0 Å². The monoisotopic (exact) mass is 423 g/mol. The molecule has 0 fully saturated rings. The molecule has 31 heavy (non-hydrogen) atoms. The van der Waals surface area contributed by atoms with Gasteiger partial charge < -0.3 is 10.2 Å². The average molecular weight is 423 g/mol. The van der Waals surface area contributed by atoms with Crippen molar-refractivity contribution in [2.75, 3.05) is 16.8 Å². The zero-order valence-electron chi connectivity index (χ0n) is 16.3. The van der Waals surface area contributed by atoms with Crippen molar-refractivity contribution in [3.63, 3.8) is 0 Å². The van der Waals surface area contributed by atoms with E-state index in [-0.39, 0.29) is 23.7 Å². The van der Waals surface area contributed by atoms with Crippen molar-refractivity contribution < 1.29 is 13.6 Å². The molecule has 158 valence electrons. The Balaban J connectivity index is 1.63. The number of pyridine rings is 1. The lowest BCUT2D eigenvalue weighted by Crippen LogP contribution is -2.23. The maximum atomic E-state index is 14.9. The van der Waals surface area contributed by atoms with Gasteiger partial charge in [0, 0.05) is 30.6 Å². The average Bonchev–Trinajstić information content (AvgIpc) is 3.47. The first-order valence-electron chi connectivity index (χ1n) is 9.52. The van der Waals surface area contributed by atoms with Gasteiger partial charge in [-0.05, 0) is 30.2 Å². The minimum Gasteiger partial charge on any atom is -0.368 e. The molecule has 0 atom stereocenters. The number of nitrogens with one attached hydrogen (secondary N) is 3. The second kappa shape index (κ2) is 9.16. The van der Waals surface area contributed by atoms with Crippen LogP contribution in [0.3, 0.4) is 0 Å². The standard InChI is InChI=1S/C21H19F2N7O/c22-16-3-1-2-14(8-16)4-6-24-21-19(30(13-31)12-17-5-7-25-29-17)9-18(23)20(28-21)15-10-26-27-11-15/h1-3,5,7-11,13H,4,6,12H2,(H,24,28)(H,25,29)(H,26,27). The number of H-pyrrole nitrogens is 2. The molecule has 10 heteroatoms. The van der Waals surface area contributed by atoms with Crippen LogP contribution >= 0.6 is 0 Å². The van der Waals surface area contributed by atoms with Crippen LogP contribution in [0.1, 0.15) is 11.3 Å². The molecular formula is C21H19F2N7O. The molecule has 0 aliphatic heterocycles. The number of aromatic amines is 2. The summed E-state index contributed by atoms with van der Waals surface area (Å²) in [4.78, 5) is 17.5. The molecule has 3 aromatic heterocycles. The minimum absolute atomic E-state index is 0.0955. The smallest absolute Gasteiger partial charge is 0.214 e. The Morgan fingerprint density at radius 2 is 2.06 bits per heavy atom. The maximum absolute atomic E-state index is 14.9. The molecule has 8 nitrogen and oxygen atoms in total. The van der Waals surface area contributed by atoms with Gasteiger partial charge in [0.1, 0.15) is 11.5 Å². The molecule has 4 rings (SSSR count). The largest absolute Gasteiger partial charge is 0.368 e. The van der Waals surface area contributed by atoms with E-state index in [9.17, 15) is 13.6 Å². The van der Waals surface area contributed by atoms with E-state index in [2.05, 4.69) is 30.7 Å². The zero-order valence-corrected chi connectivity index (χ0v) is 16.3. The molecule has 4 aromatic rings. The Kier molecular flexibility index (Phi) is 5.97. The van der Waals surface area contributed by atoms with Crippen molar-refractivity contribution in [1.29, 1.82) is 0 Å². The molecule has 0 aliphatic carbocycles. The van der Waals surface area contributed by atoms with Crippen LogP contribution in [-0.4, -0.2) is 38.3 Å². The molecule has 1 amide bonds. The van der Waals surface area contributed by atoms with E-state index < -0.39 is 5.82 Å². The highest BCUT2D eigenvalue weighted by molar-refractivity contribution is 5.83. The van der Waals surface area contributed by atoms with Crippen LogP contribution in [0.2, 0.25) is 0 Å². The summed E-state index contributed by atoms with van der Waals surface area (Å²) >= 11 is 0. The summed E-state index contributed by atoms with van der Waals surface area (Å²) in [6.45, 7) is 0.560. The van der Waals surface area contributed by atoms with E-state index in [1.807, 2.05) is 6.07 Å². The summed E-state index contributed by atoms with van der Waals surface area (Å²) in [5, 5.41) is 16.3. The molecule has 1 aromatic carbocycles. The molecule has 0 saturated heterocycles. The van der Waals surface area contributed by atoms with Gasteiger partial charge in [0.2, 0.25) is 6.41 Å². The van der Waals surface area contributed by atoms with Crippen molar-refractivity contribution in [2.45, 2.75) is 13.0 Å². The highest BCUT2D eigenvalue weighted by Crippen LogP contribution is 2.31. The number of aromatic nitrogens is 5. The highest BCUT2D eigenvalue weighted by Gasteiger charge is 2.19. The number of nitrogens with zero attached hydrogens (tertiary/aromatic N) is 4. The topological polar surface area (TPSA) is 103 Å². The Bertz CT molecular complexity index is 1150. The lowest BCUT2D eigenvalue weighted by Gasteiger charge is -2.21. The molecule has 0 unspecified atom stereocenters. The summed E-state index contributed by atoms with van der Waals surface area (Å²) in [7, 11) is 0. The van der Waals surface area contributed by atoms with Gasteiger partial charge in [0.15, 0.2) is 11.6 Å². The predicted octanol–water partition coefficient (Wildman–Crippen LogP) is 3.29. The summed E-state index contributed by atoms with van der Waals surface area (Å²) in [6.07, 6.45) is 5.68. The summed E-state index contributed by atoms with van der Waals surface area (Å²) < 4.78 is 28.3. The zero-order chi connectivity index (χ0) is 21.6. The van der Waals surface area contributed by atoms with Crippen LogP contribution in [0.5, 0.6) is 0 Å². The number of halogens is 2. The molecule has 0 radical (unpaired) electrons. The Morgan fingerprint density at radius 1 is 1.16 bits per heavy atom. The molecule has 0 bridgehead atoms. The first kappa shape index (κ1) is 20.2. The molecule has 0 spiro atoms. The van der Waals surface area contributed by atoms with E-state index in [1.165, 1.54) is 35.5 Å². The van der Waals surface area contributed by atoms with Gasteiger partial charge in [-0.15, -0.1) is 0 Å². The third kappa shape index (κ3) is 4.74. The van der Waals surface area contributed by atoms with Crippen LogP contribution in [0.25, 0.3) is 11.3 Å². The Labute approximate surface area is 176 Å². The first-order valence-corrected chi connectivity index (χ1v) is 9.52. The molecule has 0 aliphatic rings. The summed E-state index contributed by atoms with van der Waals surface area (Å²) in [6, 6.07) is 9.26. The lowest BCUT2D eigenvalue weighted by molar-refractivity contribution is -0.107. The third-order valence-corrected chi connectivity index (χ3v) is 4.66. The number of anilines is 2. The van der Waals surface area contributed by atoms with Crippen LogP contribution in [-0.2, 0) is 17.8 Å². The highest BCUT2D eigenvalue weighted by atomic mass is 19.1. The van der Waals surface area contributed by atoms with Gasteiger partial charge in [-0.2, -0.15) is 10.2 Å². The number of amides is 1. The minimum atomic E-state index is -0.594. The van der Waals surface area contributed by atoms with E-state index >= 15 is 0 Å². The summed E-state index contributed by atoms with van der Waals surface area (Å²) in [5.74, 6) is -0.587. The van der Waals surface area contributed by atoms with Gasteiger partial charge in [-0.25, -0.2) is 13.8 Å². The first-order chi connectivity index (χ1) is 15.1. The van der Waals surface area contributed by atoms with E-state index in [0.29, 0.717) is 36.5 Å². The van der Waals surface area contributed by atoms with Crippen LogP contribution in [0.15, 0.2) is 55.0 Å². The number of rotatable bonds is 9. The van der Waals surface area contributed by atoms with Crippen molar-refractivity contribution >= 4 is 17.9 Å². The van der Waals surface area contributed by atoms with Crippen molar-refractivity contribution in [3.05, 3.63) is 77.9 Å². The normalized spacial score (nSPS) is 10.8. The number of carbonyl (C=O) groups is 1. The molecular weight excluding hydrogens is 404 g/mol. The number of benzene rings is 1. The summed E-state index contributed by atoms with van der Waals surface area (Å²) in [5.41, 5.74) is 2.32. The Hall–Kier alpha value is -4.08. The van der Waals surface area contributed by atoms with Gasteiger partial charge in [-0.3, -0.25) is 15.0 Å². The SMILES string of the molecule is O=CN(Cc1ccn[nH]1)c1cc(F)c(-c2cn[nH]c2)nc1NCCc1cccc(F)c1. The molecule has 0 saturated carbocycles. The maximum Gasteiger partial charge on any atom is 0.214 e. The fourth-order valence-corrected chi connectivity index (χ4v) is 3.16. The third-order valence-electron chi connectivity index (χ3n) is 4.66. The van der Waals surface area contributed by atoms with Crippen molar-refractivity contribution in [3.8, 4) is 11.3 Å². The Morgan fingerprint density at radius 3 is 2.77 bits per heavy atom. The predicted molar refractivity (Wildman–Crippen MR) is 111 cm³/mol. The van der Waals surface area contributed by atoms with Crippen LogP contribution in [0, 0.1) is 11.6 Å². The van der Waals surface area contributed by atoms with Crippen molar-refractivity contribution in [1.82, 2.24) is 25.4 Å². The quantitative estimate of drug-likeness (QED) is 0.359. The number of carbonyl (C=O) groups excluding carboxylic acids is 1. The molecule has 3 N–H and O–H groups in total. The fraction of sp³-hybridized carbons (Fsp3) is 0.143. The van der Waals surface area contributed by atoms with E-state index in [0.717, 1.165) is 5.56 Å². The lowest BCUT2D eigenvalue weighted by atomic mass is 10.1. The van der Waals surface area contributed by atoms with Gasteiger partial charge in [-0.1, -0.05) is 12.1 Å². The fourth-order valence-electron chi connectivity index (χ4n) is 3.16. The molecule has 3 heterocycles. The van der Waals surface area contributed by atoms with E-state index in [4.69, 9.17) is 0 Å². The number of hydrogen-bond acceptors (Lipinski definition) is 5. The van der Waals surface area contributed by atoms with E-state index in [1.54, 1.807) is 18.3 Å². The van der Waals surface area contributed by atoms with Gasteiger partial charge in [0.05, 0.1) is 24.1 Å².